The summed E-state index contributed by atoms with van der Waals surface area (Å²) in [6.07, 6.45) is 0.800. The van der Waals surface area contributed by atoms with Gasteiger partial charge in [-0.2, -0.15) is 0 Å². The van der Waals surface area contributed by atoms with E-state index < -0.39 is 0 Å². The van der Waals surface area contributed by atoms with Gasteiger partial charge in [-0.3, -0.25) is 4.79 Å². The number of rotatable bonds is 7. The first-order valence-corrected chi connectivity index (χ1v) is 9.79. The molecule has 4 nitrogen and oxygen atoms in total. The molecular weight excluding hydrogens is 346 g/mol. The average Bonchev–Trinajstić information content (AvgIpc) is 2.70. The molecule has 1 amide bonds. The third-order valence-corrected chi connectivity index (χ3v) is 4.77. The van der Waals surface area contributed by atoms with Crippen molar-refractivity contribution in [1.29, 1.82) is 0 Å². The van der Waals surface area contributed by atoms with Gasteiger partial charge >= 0.3 is 0 Å². The molecule has 0 radical (unpaired) electrons. The minimum absolute atomic E-state index is 0.0574. The Kier molecular flexibility index (Phi) is 6.00. The molecule has 0 spiro atoms. The normalized spacial score (nSPS) is 12.6. The Morgan fingerprint density at radius 1 is 1.04 bits per heavy atom. The Morgan fingerprint density at radius 2 is 1.71 bits per heavy atom. The zero-order valence-corrected chi connectivity index (χ0v) is 16.8. The first kappa shape index (κ1) is 19.9. The van der Waals surface area contributed by atoms with Gasteiger partial charge in [-0.15, -0.1) is 0 Å². The summed E-state index contributed by atoms with van der Waals surface area (Å²) in [5.74, 6) is -0.0574. The summed E-state index contributed by atoms with van der Waals surface area (Å²) < 4.78 is 0. The van der Waals surface area contributed by atoms with E-state index >= 15 is 0 Å². The number of anilines is 1. The first-order valence-electron chi connectivity index (χ1n) is 9.79. The van der Waals surface area contributed by atoms with Crippen molar-refractivity contribution in [1.82, 2.24) is 5.32 Å². The molecule has 0 aromatic heterocycles. The van der Waals surface area contributed by atoms with Crippen LogP contribution < -0.4 is 16.4 Å². The quantitative estimate of drug-likeness (QED) is 0.552. The highest BCUT2D eigenvalue weighted by molar-refractivity contribution is 5.95. The van der Waals surface area contributed by atoms with E-state index in [0.717, 1.165) is 28.4 Å². The minimum Gasteiger partial charge on any atom is -0.383 e. The monoisotopic (exact) mass is 375 g/mol. The van der Waals surface area contributed by atoms with Gasteiger partial charge in [-0.1, -0.05) is 49.4 Å². The van der Waals surface area contributed by atoms with Gasteiger partial charge in [0, 0.05) is 23.3 Å². The molecule has 146 valence electrons. The Labute approximate surface area is 167 Å². The smallest absolute Gasteiger partial charge is 0.251 e. The van der Waals surface area contributed by atoms with Crippen LogP contribution in [0, 0.1) is 0 Å². The van der Waals surface area contributed by atoms with Crippen molar-refractivity contribution >= 4 is 22.4 Å². The van der Waals surface area contributed by atoms with Crippen LogP contribution in [-0.2, 0) is 0 Å². The third kappa shape index (κ3) is 4.90. The second-order valence-corrected chi connectivity index (χ2v) is 7.93. The van der Waals surface area contributed by atoms with E-state index in [0.29, 0.717) is 12.1 Å². The lowest BCUT2D eigenvalue weighted by Crippen LogP contribution is -2.39. The topological polar surface area (TPSA) is 67.2 Å². The number of hydrogen-bond acceptors (Lipinski definition) is 3. The summed E-state index contributed by atoms with van der Waals surface area (Å²) in [5, 5.41) is 8.94. The summed E-state index contributed by atoms with van der Waals surface area (Å²) >= 11 is 0. The van der Waals surface area contributed by atoms with Gasteiger partial charge < -0.3 is 16.4 Å². The van der Waals surface area contributed by atoms with Gasteiger partial charge in [0.05, 0.1) is 6.04 Å². The molecule has 0 aliphatic rings. The van der Waals surface area contributed by atoms with Gasteiger partial charge in [0.25, 0.3) is 5.91 Å². The molecule has 0 saturated carbocycles. The molecule has 0 unspecified atom stereocenters. The number of nitrogens with two attached hydrogens (primary N) is 1. The number of nitrogens with one attached hydrogen (secondary N) is 2. The second kappa shape index (κ2) is 8.44. The molecule has 3 aromatic carbocycles. The molecule has 0 bridgehead atoms. The number of carbonyl (C=O) groups is 1. The van der Waals surface area contributed by atoms with Crippen LogP contribution in [0.2, 0.25) is 0 Å². The fourth-order valence-corrected chi connectivity index (χ4v) is 3.29. The van der Waals surface area contributed by atoms with Gasteiger partial charge in [-0.05, 0) is 60.9 Å². The summed E-state index contributed by atoms with van der Waals surface area (Å²) in [5.41, 5.74) is 8.62. The second-order valence-electron chi connectivity index (χ2n) is 7.93. The third-order valence-electron chi connectivity index (χ3n) is 4.77. The van der Waals surface area contributed by atoms with Gasteiger partial charge in [0.1, 0.15) is 0 Å². The van der Waals surface area contributed by atoms with Crippen LogP contribution in [0.25, 0.3) is 10.8 Å². The number of amides is 1. The molecule has 0 fully saturated rings. The zero-order chi connectivity index (χ0) is 20.1. The van der Waals surface area contributed by atoms with Crippen molar-refractivity contribution in [3.63, 3.8) is 0 Å². The van der Waals surface area contributed by atoms with E-state index in [-0.39, 0.29) is 17.5 Å². The molecule has 3 rings (SSSR count). The van der Waals surface area contributed by atoms with E-state index in [1.165, 1.54) is 0 Å². The van der Waals surface area contributed by atoms with Crippen LogP contribution >= 0.6 is 0 Å². The van der Waals surface area contributed by atoms with Crippen molar-refractivity contribution in [3.05, 3.63) is 77.9 Å². The van der Waals surface area contributed by atoms with E-state index in [2.05, 4.69) is 41.8 Å². The standard InChI is InChI=1S/C24H29N3O/c1-4-22(27-23(28)17-10-6-5-7-11-17)21-15-19(26-16-24(2,3)25)14-18-12-8-9-13-20(18)21/h5-15,22,26H,4,16,25H2,1-3H3,(H,27,28)/t22-/m1/s1. The zero-order valence-electron chi connectivity index (χ0n) is 16.8. The van der Waals surface area contributed by atoms with Crippen molar-refractivity contribution in [2.45, 2.75) is 38.8 Å². The van der Waals surface area contributed by atoms with Crippen molar-refractivity contribution in [3.8, 4) is 0 Å². The minimum atomic E-state index is -0.308. The summed E-state index contributed by atoms with van der Waals surface area (Å²) in [7, 11) is 0. The fourth-order valence-electron chi connectivity index (χ4n) is 3.29. The SMILES string of the molecule is CC[C@@H](NC(=O)c1ccccc1)c1cc(NCC(C)(C)N)cc2ccccc12. The lowest BCUT2D eigenvalue weighted by atomic mass is 9.95. The fraction of sp³-hybridized carbons (Fsp3) is 0.292. The van der Waals surface area contributed by atoms with E-state index in [1.54, 1.807) is 0 Å². The van der Waals surface area contributed by atoms with Crippen LogP contribution in [0.5, 0.6) is 0 Å². The van der Waals surface area contributed by atoms with Crippen molar-refractivity contribution in [2.75, 3.05) is 11.9 Å². The van der Waals surface area contributed by atoms with Crippen LogP contribution in [-0.4, -0.2) is 18.0 Å². The molecule has 4 heteroatoms. The van der Waals surface area contributed by atoms with Crippen LogP contribution in [0.4, 0.5) is 5.69 Å². The van der Waals surface area contributed by atoms with E-state index in [1.807, 2.05) is 56.3 Å². The predicted molar refractivity (Wildman–Crippen MR) is 118 cm³/mol. The molecule has 4 N–H and O–H groups in total. The first-order chi connectivity index (χ1) is 13.4. The van der Waals surface area contributed by atoms with Crippen molar-refractivity contribution in [2.24, 2.45) is 5.73 Å². The van der Waals surface area contributed by atoms with Gasteiger partial charge in [0.15, 0.2) is 0 Å². The Balaban J connectivity index is 1.95. The summed E-state index contributed by atoms with van der Waals surface area (Å²) in [4.78, 5) is 12.7. The van der Waals surface area contributed by atoms with Gasteiger partial charge in [-0.25, -0.2) is 0 Å². The number of hydrogen-bond donors (Lipinski definition) is 3. The largest absolute Gasteiger partial charge is 0.383 e. The number of carbonyl (C=O) groups excluding carboxylic acids is 1. The highest BCUT2D eigenvalue weighted by atomic mass is 16.1. The maximum atomic E-state index is 12.7. The number of benzene rings is 3. The predicted octanol–water partition coefficient (Wildman–Crippen LogP) is 4.87. The van der Waals surface area contributed by atoms with Crippen LogP contribution in [0.15, 0.2) is 66.7 Å². The molecule has 0 aliphatic heterocycles. The van der Waals surface area contributed by atoms with Crippen LogP contribution in [0.1, 0.15) is 49.2 Å². The van der Waals surface area contributed by atoms with E-state index in [4.69, 9.17) is 5.73 Å². The van der Waals surface area contributed by atoms with E-state index in [9.17, 15) is 4.79 Å². The lowest BCUT2D eigenvalue weighted by molar-refractivity contribution is 0.0936. The molecule has 3 aromatic rings. The molecule has 0 saturated heterocycles. The Morgan fingerprint density at radius 3 is 2.39 bits per heavy atom. The van der Waals surface area contributed by atoms with Gasteiger partial charge in [0.2, 0.25) is 0 Å². The molecule has 1 atom stereocenters. The van der Waals surface area contributed by atoms with Crippen LogP contribution in [0.3, 0.4) is 0 Å². The molecule has 0 heterocycles. The Hall–Kier alpha value is -2.85. The average molecular weight is 376 g/mol. The lowest BCUT2D eigenvalue weighted by Gasteiger charge is -2.23. The maximum Gasteiger partial charge on any atom is 0.251 e. The van der Waals surface area contributed by atoms with Crippen molar-refractivity contribution < 1.29 is 4.79 Å². The summed E-state index contributed by atoms with van der Waals surface area (Å²) in [6, 6.07) is 21.8. The number of fused-ring (bicyclic) bond motifs is 1. The molecular formula is C24H29N3O. The Bertz CT molecular complexity index is 945. The highest BCUT2D eigenvalue weighted by Crippen LogP contribution is 2.30. The maximum absolute atomic E-state index is 12.7. The summed E-state index contributed by atoms with van der Waals surface area (Å²) in [6.45, 7) is 6.75. The molecule has 0 aliphatic carbocycles. The molecule has 28 heavy (non-hydrogen) atoms. The highest BCUT2D eigenvalue weighted by Gasteiger charge is 2.18.